The molecule has 0 aromatic carbocycles. The first-order valence-corrected chi connectivity index (χ1v) is 3.42. The Morgan fingerprint density at radius 1 is 1.80 bits per heavy atom. The zero-order valence-corrected chi connectivity index (χ0v) is 5.78. The van der Waals surface area contributed by atoms with Gasteiger partial charge in [0.05, 0.1) is 12.5 Å². The van der Waals surface area contributed by atoms with E-state index in [4.69, 9.17) is 4.74 Å². The van der Waals surface area contributed by atoms with Crippen molar-refractivity contribution >= 4 is 5.91 Å². The molecule has 2 atom stereocenters. The number of β-lactam (4-membered cyclic amide) rings is 1. The van der Waals surface area contributed by atoms with E-state index in [1.807, 2.05) is 19.2 Å². The summed E-state index contributed by atoms with van der Waals surface area (Å²) in [5.41, 5.74) is 0. The normalized spacial score (nSPS) is 37.3. The van der Waals surface area contributed by atoms with Gasteiger partial charge in [0.1, 0.15) is 6.23 Å². The maximum absolute atomic E-state index is 10.8. The van der Waals surface area contributed by atoms with Crippen LogP contribution in [0.2, 0.25) is 0 Å². The summed E-state index contributed by atoms with van der Waals surface area (Å²) in [6.45, 7) is 1.97. The van der Waals surface area contributed by atoms with Crippen molar-refractivity contribution in [3.63, 3.8) is 0 Å². The molecule has 2 heterocycles. The Labute approximate surface area is 59.3 Å². The van der Waals surface area contributed by atoms with Gasteiger partial charge in [0.15, 0.2) is 0 Å². The van der Waals surface area contributed by atoms with Gasteiger partial charge in [-0.05, 0) is 13.0 Å². The zero-order chi connectivity index (χ0) is 7.14. The molecule has 0 aliphatic carbocycles. The van der Waals surface area contributed by atoms with Crippen molar-refractivity contribution in [1.82, 2.24) is 4.90 Å². The highest BCUT2D eigenvalue weighted by Crippen LogP contribution is 2.25. The lowest BCUT2D eigenvalue weighted by molar-refractivity contribution is -0.173. The molecule has 2 aliphatic rings. The average Bonchev–Trinajstić information content (AvgIpc) is 1.86. The largest absolute Gasteiger partial charge is 0.350 e. The molecule has 2 rings (SSSR count). The number of rotatable bonds is 0. The summed E-state index contributed by atoms with van der Waals surface area (Å²) in [7, 11) is 0. The van der Waals surface area contributed by atoms with E-state index in [2.05, 4.69) is 0 Å². The maximum Gasteiger partial charge on any atom is 0.233 e. The van der Waals surface area contributed by atoms with Gasteiger partial charge >= 0.3 is 0 Å². The summed E-state index contributed by atoms with van der Waals surface area (Å²) in [6, 6.07) is 0. The molecule has 1 amide bonds. The minimum absolute atomic E-state index is 0.0347. The second-order valence-corrected chi connectivity index (χ2v) is 2.64. The molecule has 1 unspecified atom stereocenters. The van der Waals surface area contributed by atoms with Gasteiger partial charge in [0, 0.05) is 6.20 Å². The molecule has 54 valence electrons. The molecule has 2 aliphatic heterocycles. The summed E-state index contributed by atoms with van der Waals surface area (Å²) in [5, 5.41) is 0. The van der Waals surface area contributed by atoms with Crippen molar-refractivity contribution in [3.8, 4) is 0 Å². The molecule has 0 saturated carbocycles. The minimum atomic E-state index is 0.0347. The van der Waals surface area contributed by atoms with Crippen LogP contribution in [0.5, 0.6) is 0 Å². The van der Waals surface area contributed by atoms with Gasteiger partial charge in [-0.2, -0.15) is 0 Å². The summed E-state index contributed by atoms with van der Waals surface area (Å²) in [4.78, 5) is 12.4. The summed E-state index contributed by atoms with van der Waals surface area (Å²) in [5.74, 6) is 0.160. The van der Waals surface area contributed by atoms with Crippen LogP contribution in [0.3, 0.4) is 0 Å². The van der Waals surface area contributed by atoms with E-state index in [1.165, 1.54) is 0 Å². The SMILES string of the molecule is CC1C=CN2C(=O)C[C@H]2O1. The summed E-state index contributed by atoms with van der Waals surface area (Å²) < 4.78 is 5.37. The lowest BCUT2D eigenvalue weighted by Crippen LogP contribution is -2.53. The van der Waals surface area contributed by atoms with Crippen molar-refractivity contribution in [1.29, 1.82) is 0 Å². The van der Waals surface area contributed by atoms with Crippen LogP contribution in [-0.4, -0.2) is 23.1 Å². The van der Waals surface area contributed by atoms with Gasteiger partial charge in [0.2, 0.25) is 5.91 Å². The number of carbonyl (C=O) groups is 1. The standard InChI is InChI=1S/C7H9NO2/c1-5-2-3-8-6(9)4-7(8)10-5/h2-3,5,7H,4H2,1H3/t5?,7-/m1/s1. The van der Waals surface area contributed by atoms with E-state index in [0.717, 1.165) is 0 Å². The first-order chi connectivity index (χ1) is 4.77. The molecule has 0 N–H and O–H groups in total. The molecule has 0 aromatic rings. The van der Waals surface area contributed by atoms with Gasteiger partial charge in [-0.15, -0.1) is 0 Å². The second-order valence-electron chi connectivity index (χ2n) is 2.64. The quantitative estimate of drug-likeness (QED) is 0.457. The predicted octanol–water partition coefficient (Wildman–Crippen LogP) is 0.477. The molecule has 10 heavy (non-hydrogen) atoms. The molecule has 0 bridgehead atoms. The maximum atomic E-state index is 10.8. The van der Waals surface area contributed by atoms with Crippen LogP contribution in [0.4, 0.5) is 0 Å². The highest BCUT2D eigenvalue weighted by molar-refractivity contribution is 5.83. The van der Waals surface area contributed by atoms with Crippen molar-refractivity contribution in [2.24, 2.45) is 0 Å². The number of fused-ring (bicyclic) bond motifs is 1. The van der Waals surface area contributed by atoms with Crippen LogP contribution in [-0.2, 0) is 9.53 Å². The van der Waals surface area contributed by atoms with Gasteiger partial charge in [-0.25, -0.2) is 0 Å². The predicted molar refractivity (Wildman–Crippen MR) is 34.9 cm³/mol. The third kappa shape index (κ3) is 0.671. The van der Waals surface area contributed by atoms with E-state index in [0.29, 0.717) is 6.42 Å². The van der Waals surface area contributed by atoms with Crippen LogP contribution >= 0.6 is 0 Å². The number of hydrogen-bond donors (Lipinski definition) is 0. The van der Waals surface area contributed by atoms with E-state index in [1.54, 1.807) is 4.90 Å². The molecule has 0 spiro atoms. The van der Waals surface area contributed by atoms with E-state index in [-0.39, 0.29) is 18.2 Å². The molecule has 3 heteroatoms. The molecule has 0 radical (unpaired) electrons. The van der Waals surface area contributed by atoms with Crippen molar-refractivity contribution < 1.29 is 9.53 Å². The van der Waals surface area contributed by atoms with E-state index in [9.17, 15) is 4.79 Å². The number of ether oxygens (including phenoxy) is 1. The van der Waals surface area contributed by atoms with Crippen LogP contribution in [0.25, 0.3) is 0 Å². The van der Waals surface area contributed by atoms with Crippen molar-refractivity contribution in [3.05, 3.63) is 12.3 Å². The summed E-state index contributed by atoms with van der Waals surface area (Å²) >= 11 is 0. The summed E-state index contributed by atoms with van der Waals surface area (Å²) in [6.07, 6.45) is 4.44. The van der Waals surface area contributed by atoms with Crippen LogP contribution in [0.15, 0.2) is 12.3 Å². The number of hydrogen-bond acceptors (Lipinski definition) is 2. The van der Waals surface area contributed by atoms with Crippen LogP contribution in [0.1, 0.15) is 13.3 Å². The molecule has 1 saturated heterocycles. The Bertz CT molecular complexity index is 200. The average molecular weight is 139 g/mol. The van der Waals surface area contributed by atoms with Crippen molar-refractivity contribution in [2.45, 2.75) is 25.7 Å². The molecular formula is C7H9NO2. The Balaban J connectivity index is 2.14. The third-order valence-corrected chi connectivity index (χ3v) is 1.84. The van der Waals surface area contributed by atoms with E-state index < -0.39 is 0 Å². The molecule has 3 nitrogen and oxygen atoms in total. The van der Waals surface area contributed by atoms with E-state index >= 15 is 0 Å². The third-order valence-electron chi connectivity index (χ3n) is 1.84. The first-order valence-electron chi connectivity index (χ1n) is 3.42. The lowest BCUT2D eigenvalue weighted by atomic mass is 10.1. The molecular weight excluding hydrogens is 130 g/mol. The van der Waals surface area contributed by atoms with Crippen molar-refractivity contribution in [2.75, 3.05) is 0 Å². The Kier molecular flexibility index (Phi) is 1.08. The number of nitrogens with zero attached hydrogens (tertiary/aromatic N) is 1. The Morgan fingerprint density at radius 3 is 3.20 bits per heavy atom. The second kappa shape index (κ2) is 1.83. The fourth-order valence-electron chi connectivity index (χ4n) is 1.20. The minimum Gasteiger partial charge on any atom is -0.350 e. The topological polar surface area (TPSA) is 29.5 Å². The molecule has 1 fully saturated rings. The smallest absolute Gasteiger partial charge is 0.233 e. The highest BCUT2D eigenvalue weighted by atomic mass is 16.5. The van der Waals surface area contributed by atoms with Gasteiger partial charge < -0.3 is 4.74 Å². The van der Waals surface area contributed by atoms with Gasteiger partial charge in [-0.1, -0.05) is 0 Å². The Morgan fingerprint density at radius 2 is 2.60 bits per heavy atom. The van der Waals surface area contributed by atoms with Gasteiger partial charge in [-0.3, -0.25) is 9.69 Å². The monoisotopic (exact) mass is 139 g/mol. The van der Waals surface area contributed by atoms with Crippen LogP contribution in [0, 0.1) is 0 Å². The number of carbonyl (C=O) groups excluding carboxylic acids is 1. The van der Waals surface area contributed by atoms with Gasteiger partial charge in [0.25, 0.3) is 0 Å². The lowest BCUT2D eigenvalue weighted by Gasteiger charge is -2.41. The highest BCUT2D eigenvalue weighted by Gasteiger charge is 2.38. The van der Waals surface area contributed by atoms with Crippen LogP contribution < -0.4 is 0 Å². The fourth-order valence-corrected chi connectivity index (χ4v) is 1.20. The number of amides is 1. The Hall–Kier alpha value is -0.830. The first kappa shape index (κ1) is 5.92. The molecule has 0 aromatic heterocycles. The fraction of sp³-hybridized carbons (Fsp3) is 0.571. The zero-order valence-electron chi connectivity index (χ0n) is 5.78.